The average Bonchev–Trinajstić information content (AvgIpc) is 3.49. The summed E-state index contributed by atoms with van der Waals surface area (Å²) in [5, 5.41) is 13.1. The predicted octanol–water partition coefficient (Wildman–Crippen LogP) is 4.41. The maximum Gasteiger partial charge on any atom is 0.277 e. The number of anilines is 1. The first-order valence-electron chi connectivity index (χ1n) is 11.1. The Kier molecular flexibility index (Phi) is 7.15. The number of benzene rings is 2. The highest BCUT2D eigenvalue weighted by Crippen LogP contribution is 2.25. The molecule has 1 saturated heterocycles. The summed E-state index contributed by atoms with van der Waals surface area (Å²) in [5.41, 5.74) is 2.69. The first-order valence-corrected chi connectivity index (χ1v) is 12.4. The van der Waals surface area contributed by atoms with Crippen LogP contribution in [0.15, 0.2) is 64.4 Å². The van der Waals surface area contributed by atoms with Crippen molar-refractivity contribution >= 4 is 45.9 Å². The second kappa shape index (κ2) is 10.6. The second-order valence-corrected chi connectivity index (χ2v) is 9.32. The van der Waals surface area contributed by atoms with Crippen molar-refractivity contribution in [1.29, 1.82) is 0 Å². The number of nitrogens with one attached hydrogen (secondary N) is 1. The van der Waals surface area contributed by atoms with Crippen LogP contribution in [-0.4, -0.2) is 64.2 Å². The molecule has 4 aromatic rings. The fourth-order valence-electron chi connectivity index (χ4n) is 3.85. The summed E-state index contributed by atoms with van der Waals surface area (Å²) in [5.74, 6) is 0.423. The highest BCUT2D eigenvalue weighted by molar-refractivity contribution is 7.99. The van der Waals surface area contributed by atoms with Gasteiger partial charge in [0.2, 0.25) is 11.8 Å². The van der Waals surface area contributed by atoms with Gasteiger partial charge in [-0.3, -0.25) is 9.69 Å². The van der Waals surface area contributed by atoms with E-state index in [1.165, 1.54) is 11.8 Å². The van der Waals surface area contributed by atoms with Crippen LogP contribution in [-0.2, 0) is 16.1 Å². The molecule has 0 radical (unpaired) electrons. The molecule has 0 aliphatic carbocycles. The van der Waals surface area contributed by atoms with E-state index in [1.807, 2.05) is 30.3 Å². The number of nitrogens with zero attached hydrogens (tertiary/aromatic N) is 4. The van der Waals surface area contributed by atoms with Gasteiger partial charge in [-0.15, -0.1) is 10.2 Å². The fraction of sp³-hybridized carbons (Fsp3) is 0.292. The third kappa shape index (κ3) is 5.61. The molecule has 5 rings (SSSR count). The van der Waals surface area contributed by atoms with Gasteiger partial charge in [0.1, 0.15) is 0 Å². The molecule has 10 heteroatoms. The predicted molar refractivity (Wildman–Crippen MR) is 133 cm³/mol. The number of morpholine rings is 1. The van der Waals surface area contributed by atoms with Crippen LogP contribution in [0.4, 0.5) is 5.69 Å². The monoisotopic (exact) mass is 497 g/mol. The lowest BCUT2D eigenvalue weighted by Crippen LogP contribution is -2.38. The molecule has 1 fully saturated rings. The molecule has 0 bridgehead atoms. The van der Waals surface area contributed by atoms with Crippen LogP contribution >= 0.6 is 23.4 Å². The van der Waals surface area contributed by atoms with Gasteiger partial charge in [-0.05, 0) is 48.5 Å². The summed E-state index contributed by atoms with van der Waals surface area (Å²) in [4.78, 5) is 14.9. The molecular weight excluding hydrogens is 474 g/mol. The molecule has 1 amide bonds. The summed E-state index contributed by atoms with van der Waals surface area (Å²) in [6.07, 6.45) is 2.10. The average molecular weight is 498 g/mol. The molecule has 3 heterocycles. The van der Waals surface area contributed by atoms with Gasteiger partial charge >= 0.3 is 0 Å². The Morgan fingerprint density at radius 3 is 2.71 bits per heavy atom. The van der Waals surface area contributed by atoms with Crippen LogP contribution in [0.2, 0.25) is 5.02 Å². The van der Waals surface area contributed by atoms with Gasteiger partial charge in [0, 0.05) is 59.6 Å². The van der Waals surface area contributed by atoms with E-state index < -0.39 is 0 Å². The van der Waals surface area contributed by atoms with E-state index in [2.05, 4.69) is 37.2 Å². The second-order valence-electron chi connectivity index (χ2n) is 7.95. The maximum atomic E-state index is 12.5. The number of rotatable bonds is 8. The normalized spacial score (nSPS) is 14.5. The number of amides is 1. The standard InChI is InChI=1S/C24H24ClN5O3S/c25-19-3-1-17(2-4-19)23-27-28-24(33-23)34-16-22(31)26-20-5-6-21-18(15-20)7-8-30(21)10-9-29-11-13-32-14-12-29/h1-8,15H,9-14,16H2,(H,26,31). The van der Waals surface area contributed by atoms with Crippen molar-refractivity contribution < 1.29 is 13.9 Å². The lowest BCUT2D eigenvalue weighted by Gasteiger charge is -2.26. The van der Waals surface area contributed by atoms with Crippen LogP contribution in [0.5, 0.6) is 0 Å². The fourth-order valence-corrected chi connectivity index (χ4v) is 4.54. The van der Waals surface area contributed by atoms with Gasteiger partial charge in [-0.2, -0.15) is 0 Å². The van der Waals surface area contributed by atoms with Crippen molar-refractivity contribution in [1.82, 2.24) is 19.7 Å². The number of thioether (sulfide) groups is 1. The number of halogens is 1. The van der Waals surface area contributed by atoms with Gasteiger partial charge < -0.3 is 19.0 Å². The van der Waals surface area contributed by atoms with Crippen LogP contribution in [0, 0.1) is 0 Å². The van der Waals surface area contributed by atoms with Crippen LogP contribution in [0.3, 0.4) is 0 Å². The molecule has 1 N–H and O–H groups in total. The third-order valence-electron chi connectivity index (χ3n) is 5.64. The van der Waals surface area contributed by atoms with E-state index in [1.54, 1.807) is 12.1 Å². The lowest BCUT2D eigenvalue weighted by atomic mass is 10.2. The highest BCUT2D eigenvalue weighted by atomic mass is 35.5. The van der Waals surface area contributed by atoms with Crippen molar-refractivity contribution in [2.24, 2.45) is 0 Å². The number of aromatic nitrogens is 3. The zero-order chi connectivity index (χ0) is 23.3. The van der Waals surface area contributed by atoms with Crippen LogP contribution < -0.4 is 5.32 Å². The maximum absolute atomic E-state index is 12.5. The van der Waals surface area contributed by atoms with Crippen molar-refractivity contribution in [3.8, 4) is 11.5 Å². The van der Waals surface area contributed by atoms with E-state index in [0.717, 1.165) is 61.5 Å². The van der Waals surface area contributed by atoms with Gasteiger partial charge in [-0.1, -0.05) is 23.4 Å². The Morgan fingerprint density at radius 1 is 1.06 bits per heavy atom. The first-order chi connectivity index (χ1) is 16.6. The van der Waals surface area contributed by atoms with Crippen molar-refractivity contribution in [2.75, 3.05) is 43.9 Å². The van der Waals surface area contributed by atoms with Gasteiger partial charge in [-0.25, -0.2) is 0 Å². The Morgan fingerprint density at radius 2 is 1.88 bits per heavy atom. The lowest BCUT2D eigenvalue weighted by molar-refractivity contribution is -0.113. The largest absolute Gasteiger partial charge is 0.411 e. The zero-order valence-electron chi connectivity index (χ0n) is 18.4. The number of hydrogen-bond donors (Lipinski definition) is 1. The SMILES string of the molecule is O=C(CSc1nnc(-c2ccc(Cl)cc2)o1)Nc1ccc2c(ccn2CCN2CCOCC2)c1. The minimum atomic E-state index is -0.137. The summed E-state index contributed by atoms with van der Waals surface area (Å²) in [6, 6.07) is 15.2. The van der Waals surface area contributed by atoms with E-state index >= 15 is 0 Å². The zero-order valence-corrected chi connectivity index (χ0v) is 20.0. The first kappa shape index (κ1) is 22.9. The summed E-state index contributed by atoms with van der Waals surface area (Å²) in [6.45, 7) is 5.51. The van der Waals surface area contributed by atoms with Crippen molar-refractivity contribution in [3.05, 3.63) is 59.8 Å². The molecule has 34 heavy (non-hydrogen) atoms. The van der Waals surface area contributed by atoms with Crippen molar-refractivity contribution in [2.45, 2.75) is 11.8 Å². The molecule has 0 spiro atoms. The van der Waals surface area contributed by atoms with Crippen LogP contribution in [0.1, 0.15) is 0 Å². The molecule has 2 aromatic carbocycles. The minimum Gasteiger partial charge on any atom is -0.411 e. The Hall–Kier alpha value is -2.85. The smallest absolute Gasteiger partial charge is 0.277 e. The summed E-state index contributed by atoms with van der Waals surface area (Å²) < 4.78 is 13.3. The molecule has 0 unspecified atom stereocenters. The van der Waals surface area contributed by atoms with Gasteiger partial charge in [0.15, 0.2) is 0 Å². The van der Waals surface area contributed by atoms with Gasteiger partial charge in [0.05, 0.1) is 19.0 Å². The quantitative estimate of drug-likeness (QED) is 0.361. The van der Waals surface area contributed by atoms with E-state index in [4.69, 9.17) is 20.8 Å². The summed E-state index contributed by atoms with van der Waals surface area (Å²) >= 11 is 7.11. The molecule has 0 atom stereocenters. The van der Waals surface area contributed by atoms with E-state index in [0.29, 0.717) is 16.1 Å². The molecule has 1 aliphatic rings. The molecule has 8 nitrogen and oxygen atoms in total. The topological polar surface area (TPSA) is 85.4 Å². The number of hydrogen-bond acceptors (Lipinski definition) is 7. The Bertz CT molecular complexity index is 1270. The third-order valence-corrected chi connectivity index (χ3v) is 6.71. The molecule has 1 aliphatic heterocycles. The number of carbonyl (C=O) groups is 1. The van der Waals surface area contributed by atoms with Crippen molar-refractivity contribution in [3.63, 3.8) is 0 Å². The molecular formula is C24H24ClN5O3S. The Balaban J connectivity index is 1.14. The van der Waals surface area contributed by atoms with E-state index in [9.17, 15) is 4.79 Å². The number of ether oxygens (including phenoxy) is 1. The molecule has 0 saturated carbocycles. The van der Waals surface area contributed by atoms with Crippen LogP contribution in [0.25, 0.3) is 22.4 Å². The number of carbonyl (C=O) groups excluding carboxylic acids is 1. The molecule has 2 aromatic heterocycles. The summed E-state index contributed by atoms with van der Waals surface area (Å²) in [7, 11) is 0. The minimum absolute atomic E-state index is 0.137. The highest BCUT2D eigenvalue weighted by Gasteiger charge is 2.13. The Labute approximate surface area is 206 Å². The van der Waals surface area contributed by atoms with Gasteiger partial charge in [0.25, 0.3) is 5.22 Å². The molecule has 176 valence electrons. The van der Waals surface area contributed by atoms with E-state index in [-0.39, 0.29) is 11.7 Å². The number of fused-ring (bicyclic) bond motifs is 1.